The van der Waals surface area contributed by atoms with Gasteiger partial charge in [0.2, 0.25) is 0 Å². The molecule has 0 atom stereocenters. The molecule has 2 aromatic rings. The fraction of sp³-hybridized carbons (Fsp3) is 0.0769. The molecule has 0 unspecified atom stereocenters. The molecule has 0 fully saturated rings. The highest BCUT2D eigenvalue weighted by Crippen LogP contribution is 2.31. The highest BCUT2D eigenvalue weighted by Gasteiger charge is 2.04. The van der Waals surface area contributed by atoms with Crippen LogP contribution in [0.25, 0.3) is 11.1 Å². The fourth-order valence-corrected chi connectivity index (χ4v) is 1.54. The van der Waals surface area contributed by atoms with Crippen LogP contribution in [0.3, 0.4) is 0 Å². The molecule has 2 heteroatoms. The van der Waals surface area contributed by atoms with Gasteiger partial charge in [-0.25, -0.2) is 0 Å². The Bertz CT molecular complexity index is 490. The molecule has 0 radical (unpaired) electrons. The normalized spacial score (nSPS) is 10.2. The van der Waals surface area contributed by atoms with E-state index in [1.807, 2.05) is 25.1 Å². The quantitative estimate of drug-likeness (QED) is 0.742. The fourth-order valence-electron chi connectivity index (χ4n) is 1.54. The van der Waals surface area contributed by atoms with Crippen LogP contribution < -0.4 is 0 Å². The number of phenolic OH excluding ortho intramolecular Hbond substituents is 2. The predicted octanol–water partition coefficient (Wildman–Crippen LogP) is 3.07. The van der Waals surface area contributed by atoms with Gasteiger partial charge < -0.3 is 10.2 Å². The minimum atomic E-state index is 0.252. The Balaban J connectivity index is 2.55. The minimum Gasteiger partial charge on any atom is -0.508 e. The van der Waals surface area contributed by atoms with Gasteiger partial charge in [-0.05, 0) is 36.2 Å². The molecule has 2 nitrogen and oxygen atoms in total. The maximum atomic E-state index is 9.66. The van der Waals surface area contributed by atoms with Crippen molar-refractivity contribution in [3.63, 3.8) is 0 Å². The van der Waals surface area contributed by atoms with Crippen LogP contribution in [-0.2, 0) is 0 Å². The Morgan fingerprint density at radius 1 is 0.867 bits per heavy atom. The Morgan fingerprint density at radius 2 is 1.60 bits per heavy atom. The molecule has 0 aromatic heterocycles. The number of rotatable bonds is 1. The lowest BCUT2D eigenvalue weighted by atomic mass is 10.0. The maximum absolute atomic E-state index is 9.66. The molecule has 15 heavy (non-hydrogen) atoms. The molecule has 2 aromatic carbocycles. The molecular formula is C13H12O2. The first-order valence-electron chi connectivity index (χ1n) is 4.76. The van der Waals surface area contributed by atoms with Gasteiger partial charge in [-0.1, -0.05) is 24.3 Å². The number of benzene rings is 2. The number of hydrogen-bond donors (Lipinski definition) is 2. The van der Waals surface area contributed by atoms with E-state index in [9.17, 15) is 10.2 Å². The van der Waals surface area contributed by atoms with Gasteiger partial charge in [0, 0.05) is 5.56 Å². The SMILES string of the molecule is Cc1cc(-c2ccccc2O)ccc1O. The number of hydrogen-bond acceptors (Lipinski definition) is 2. The second kappa shape index (κ2) is 3.65. The van der Waals surface area contributed by atoms with E-state index in [-0.39, 0.29) is 11.5 Å². The minimum absolute atomic E-state index is 0.252. The van der Waals surface area contributed by atoms with Crippen molar-refractivity contribution in [2.45, 2.75) is 6.92 Å². The molecule has 2 rings (SSSR count). The van der Waals surface area contributed by atoms with Crippen LogP contribution in [-0.4, -0.2) is 10.2 Å². The van der Waals surface area contributed by atoms with Crippen molar-refractivity contribution in [2.75, 3.05) is 0 Å². The zero-order chi connectivity index (χ0) is 10.8. The molecule has 0 spiro atoms. The average Bonchev–Trinajstić information content (AvgIpc) is 2.23. The third-order valence-corrected chi connectivity index (χ3v) is 2.41. The summed E-state index contributed by atoms with van der Waals surface area (Å²) in [5.74, 6) is 0.525. The highest BCUT2D eigenvalue weighted by molar-refractivity contribution is 5.71. The predicted molar refractivity (Wildman–Crippen MR) is 59.9 cm³/mol. The molecule has 0 saturated heterocycles. The zero-order valence-electron chi connectivity index (χ0n) is 8.44. The van der Waals surface area contributed by atoms with Gasteiger partial charge in [0.25, 0.3) is 0 Å². The number of phenols is 2. The van der Waals surface area contributed by atoms with Crippen molar-refractivity contribution >= 4 is 0 Å². The van der Waals surface area contributed by atoms with Crippen LogP contribution in [0.1, 0.15) is 5.56 Å². The average molecular weight is 200 g/mol. The summed E-state index contributed by atoms with van der Waals surface area (Å²) in [5.41, 5.74) is 2.49. The molecule has 0 saturated carbocycles. The molecule has 0 bridgehead atoms. The Hall–Kier alpha value is -1.96. The molecule has 0 amide bonds. The van der Waals surface area contributed by atoms with E-state index in [0.717, 1.165) is 16.7 Å². The Kier molecular flexibility index (Phi) is 2.34. The van der Waals surface area contributed by atoms with Crippen LogP contribution in [0.2, 0.25) is 0 Å². The van der Waals surface area contributed by atoms with E-state index in [0.29, 0.717) is 0 Å². The molecule has 0 aliphatic heterocycles. The lowest BCUT2D eigenvalue weighted by Crippen LogP contribution is -1.81. The third-order valence-electron chi connectivity index (χ3n) is 2.41. The van der Waals surface area contributed by atoms with E-state index < -0.39 is 0 Å². The smallest absolute Gasteiger partial charge is 0.123 e. The van der Waals surface area contributed by atoms with Crippen LogP contribution in [0.15, 0.2) is 42.5 Å². The second-order valence-electron chi connectivity index (χ2n) is 3.52. The standard InChI is InChI=1S/C13H12O2/c1-9-8-10(6-7-12(9)14)11-4-2-3-5-13(11)15/h2-8,14-15H,1H3. The first kappa shape index (κ1) is 9.59. The van der Waals surface area contributed by atoms with Gasteiger partial charge in [0.05, 0.1) is 0 Å². The molecule has 0 aliphatic carbocycles. The summed E-state index contributed by atoms with van der Waals surface area (Å²) < 4.78 is 0. The molecule has 76 valence electrons. The van der Waals surface area contributed by atoms with Gasteiger partial charge in [-0.3, -0.25) is 0 Å². The monoisotopic (exact) mass is 200 g/mol. The van der Waals surface area contributed by atoms with E-state index in [1.54, 1.807) is 24.3 Å². The van der Waals surface area contributed by atoms with E-state index in [4.69, 9.17) is 0 Å². The molecule has 0 aliphatic rings. The summed E-state index contributed by atoms with van der Waals surface area (Å²) >= 11 is 0. The van der Waals surface area contributed by atoms with E-state index >= 15 is 0 Å². The topological polar surface area (TPSA) is 40.5 Å². The van der Waals surface area contributed by atoms with Gasteiger partial charge in [-0.2, -0.15) is 0 Å². The maximum Gasteiger partial charge on any atom is 0.123 e. The number of aromatic hydroxyl groups is 2. The van der Waals surface area contributed by atoms with Crippen molar-refractivity contribution in [3.8, 4) is 22.6 Å². The van der Waals surface area contributed by atoms with Crippen LogP contribution in [0.4, 0.5) is 0 Å². The Morgan fingerprint density at radius 3 is 2.27 bits per heavy atom. The van der Waals surface area contributed by atoms with Crippen LogP contribution >= 0.6 is 0 Å². The second-order valence-corrected chi connectivity index (χ2v) is 3.52. The van der Waals surface area contributed by atoms with E-state index in [2.05, 4.69) is 0 Å². The summed E-state index contributed by atoms with van der Waals surface area (Å²) in [6.07, 6.45) is 0. The van der Waals surface area contributed by atoms with Crippen LogP contribution in [0, 0.1) is 6.92 Å². The van der Waals surface area contributed by atoms with Crippen molar-refractivity contribution < 1.29 is 10.2 Å². The van der Waals surface area contributed by atoms with Gasteiger partial charge in [-0.15, -0.1) is 0 Å². The first-order chi connectivity index (χ1) is 7.18. The zero-order valence-corrected chi connectivity index (χ0v) is 8.44. The summed E-state index contributed by atoms with van der Waals surface area (Å²) in [5, 5.41) is 19.1. The highest BCUT2D eigenvalue weighted by atomic mass is 16.3. The largest absolute Gasteiger partial charge is 0.508 e. The molecular weight excluding hydrogens is 188 g/mol. The summed E-state index contributed by atoms with van der Waals surface area (Å²) in [7, 11) is 0. The van der Waals surface area contributed by atoms with E-state index in [1.165, 1.54) is 0 Å². The molecule has 2 N–H and O–H groups in total. The number of aryl methyl sites for hydroxylation is 1. The van der Waals surface area contributed by atoms with Crippen molar-refractivity contribution in [1.29, 1.82) is 0 Å². The van der Waals surface area contributed by atoms with Gasteiger partial charge in [0.1, 0.15) is 11.5 Å². The van der Waals surface area contributed by atoms with Crippen LogP contribution in [0.5, 0.6) is 11.5 Å². The van der Waals surface area contributed by atoms with Crippen molar-refractivity contribution in [2.24, 2.45) is 0 Å². The van der Waals surface area contributed by atoms with Crippen molar-refractivity contribution in [3.05, 3.63) is 48.0 Å². The number of para-hydroxylation sites is 1. The van der Waals surface area contributed by atoms with Gasteiger partial charge in [0.15, 0.2) is 0 Å². The molecule has 0 heterocycles. The summed E-state index contributed by atoms with van der Waals surface area (Å²) in [4.78, 5) is 0. The lowest BCUT2D eigenvalue weighted by molar-refractivity contribution is 0.470. The first-order valence-corrected chi connectivity index (χ1v) is 4.76. The lowest BCUT2D eigenvalue weighted by Gasteiger charge is -2.06. The third kappa shape index (κ3) is 1.79. The van der Waals surface area contributed by atoms with Gasteiger partial charge >= 0.3 is 0 Å². The van der Waals surface area contributed by atoms with Crippen molar-refractivity contribution in [1.82, 2.24) is 0 Å². The Labute approximate surface area is 88.4 Å². The summed E-state index contributed by atoms with van der Waals surface area (Å²) in [6.45, 7) is 1.83. The summed E-state index contributed by atoms with van der Waals surface area (Å²) in [6, 6.07) is 12.4.